The minimum atomic E-state index is -0.358. The Bertz CT molecular complexity index is 288. The number of nitrogens with two attached hydrogens (primary N) is 1. The molecule has 0 aromatic rings. The van der Waals surface area contributed by atoms with E-state index < -0.39 is 0 Å². The fourth-order valence-electron chi connectivity index (χ4n) is 3.39. The van der Waals surface area contributed by atoms with Crippen molar-refractivity contribution in [1.29, 1.82) is 0 Å². The lowest BCUT2D eigenvalue weighted by atomic mass is 9.91. The van der Waals surface area contributed by atoms with Gasteiger partial charge in [-0.15, -0.1) is 0 Å². The maximum Gasteiger partial charge on any atom is 0.225 e. The number of carbonyl (C=O) groups excluding carboxylic acids is 1. The normalized spacial score (nSPS) is 31.9. The molecule has 18 heavy (non-hydrogen) atoms. The third-order valence-electron chi connectivity index (χ3n) is 4.66. The Morgan fingerprint density at radius 2 is 1.83 bits per heavy atom. The van der Waals surface area contributed by atoms with Crippen LogP contribution in [0.4, 0.5) is 0 Å². The second kappa shape index (κ2) is 6.02. The summed E-state index contributed by atoms with van der Waals surface area (Å²) in [7, 11) is 0. The number of carbonyl (C=O) groups is 1. The summed E-state index contributed by atoms with van der Waals surface area (Å²) in [4.78, 5) is 12.4. The zero-order valence-corrected chi connectivity index (χ0v) is 11.2. The van der Waals surface area contributed by atoms with Crippen LogP contribution in [-0.2, 0) is 4.79 Å². The van der Waals surface area contributed by atoms with Crippen LogP contribution in [0.1, 0.15) is 57.8 Å². The van der Waals surface area contributed by atoms with E-state index in [1.54, 1.807) is 0 Å². The second-order valence-electron chi connectivity index (χ2n) is 6.04. The van der Waals surface area contributed by atoms with Crippen molar-refractivity contribution in [1.82, 2.24) is 5.32 Å². The fourth-order valence-corrected chi connectivity index (χ4v) is 3.39. The Hall–Kier alpha value is -0.610. The minimum Gasteiger partial charge on any atom is -0.394 e. The molecular formula is C14H26N2O2. The van der Waals surface area contributed by atoms with Crippen LogP contribution in [0.2, 0.25) is 0 Å². The Labute approximate surface area is 109 Å². The zero-order valence-electron chi connectivity index (χ0n) is 11.2. The van der Waals surface area contributed by atoms with Gasteiger partial charge in [0.25, 0.3) is 0 Å². The van der Waals surface area contributed by atoms with Crippen LogP contribution in [0.3, 0.4) is 0 Å². The van der Waals surface area contributed by atoms with Gasteiger partial charge in [-0.25, -0.2) is 0 Å². The quantitative estimate of drug-likeness (QED) is 0.665. The van der Waals surface area contributed by atoms with E-state index >= 15 is 0 Å². The van der Waals surface area contributed by atoms with Crippen molar-refractivity contribution in [2.24, 2.45) is 11.7 Å². The van der Waals surface area contributed by atoms with E-state index in [1.165, 1.54) is 6.42 Å². The van der Waals surface area contributed by atoms with Crippen LogP contribution in [0, 0.1) is 5.92 Å². The number of hydrogen-bond acceptors (Lipinski definition) is 3. The molecule has 4 heteroatoms. The molecule has 0 aliphatic heterocycles. The molecule has 2 fully saturated rings. The summed E-state index contributed by atoms with van der Waals surface area (Å²) in [6, 6.07) is -0.00959. The second-order valence-corrected chi connectivity index (χ2v) is 6.04. The molecule has 0 spiro atoms. The maximum absolute atomic E-state index is 12.4. The zero-order chi connectivity index (χ0) is 13.0. The summed E-state index contributed by atoms with van der Waals surface area (Å²) >= 11 is 0. The highest BCUT2D eigenvalue weighted by Gasteiger charge is 2.37. The molecule has 4 N–H and O–H groups in total. The third kappa shape index (κ3) is 3.04. The first-order valence-corrected chi connectivity index (χ1v) is 7.35. The Kier molecular flexibility index (Phi) is 4.62. The van der Waals surface area contributed by atoms with Crippen LogP contribution in [0.25, 0.3) is 0 Å². The Morgan fingerprint density at radius 3 is 2.50 bits per heavy atom. The minimum absolute atomic E-state index is 0.00959. The van der Waals surface area contributed by atoms with Gasteiger partial charge in [0.1, 0.15) is 0 Å². The molecule has 4 nitrogen and oxygen atoms in total. The summed E-state index contributed by atoms with van der Waals surface area (Å²) < 4.78 is 0. The van der Waals surface area contributed by atoms with Gasteiger partial charge in [-0.2, -0.15) is 0 Å². The Balaban J connectivity index is 1.97. The van der Waals surface area contributed by atoms with Crippen LogP contribution >= 0.6 is 0 Å². The molecule has 2 atom stereocenters. The average Bonchev–Trinajstić information content (AvgIpc) is 2.71. The third-order valence-corrected chi connectivity index (χ3v) is 4.66. The molecule has 0 heterocycles. The van der Waals surface area contributed by atoms with Gasteiger partial charge >= 0.3 is 0 Å². The highest BCUT2D eigenvalue weighted by molar-refractivity contribution is 5.80. The smallest absolute Gasteiger partial charge is 0.225 e. The lowest BCUT2D eigenvalue weighted by Crippen LogP contribution is -2.53. The molecule has 2 aliphatic carbocycles. The predicted octanol–water partition coefficient (Wildman–Crippen LogP) is 1.32. The van der Waals surface area contributed by atoms with Gasteiger partial charge < -0.3 is 16.2 Å². The molecule has 0 bridgehead atoms. The first-order chi connectivity index (χ1) is 8.67. The van der Waals surface area contributed by atoms with E-state index in [0.717, 1.165) is 51.4 Å². The van der Waals surface area contributed by atoms with E-state index in [1.807, 2.05) is 0 Å². The molecule has 0 aromatic heterocycles. The molecule has 1 amide bonds. The van der Waals surface area contributed by atoms with Crippen LogP contribution in [0.5, 0.6) is 0 Å². The van der Waals surface area contributed by atoms with E-state index in [4.69, 9.17) is 5.73 Å². The van der Waals surface area contributed by atoms with Gasteiger partial charge in [-0.05, 0) is 25.7 Å². The molecular weight excluding hydrogens is 228 g/mol. The molecule has 0 aromatic carbocycles. The van der Waals surface area contributed by atoms with Crippen LogP contribution in [-0.4, -0.2) is 29.2 Å². The molecule has 2 rings (SSSR count). The SMILES string of the molecule is NC1CCCCCC1C(=O)NC1(CO)CCCC1. The first kappa shape index (κ1) is 13.8. The van der Waals surface area contributed by atoms with E-state index in [9.17, 15) is 9.90 Å². The van der Waals surface area contributed by atoms with Gasteiger partial charge in [0.2, 0.25) is 5.91 Å². The number of amides is 1. The lowest BCUT2D eigenvalue weighted by Gasteiger charge is -2.31. The van der Waals surface area contributed by atoms with E-state index in [-0.39, 0.29) is 30.0 Å². The standard InChI is InChI=1S/C14H26N2O2/c15-12-7-3-1-2-6-11(12)13(18)16-14(10-17)8-4-5-9-14/h11-12,17H,1-10,15H2,(H,16,18). The van der Waals surface area contributed by atoms with Crippen molar-refractivity contribution >= 4 is 5.91 Å². The molecule has 0 saturated heterocycles. The summed E-state index contributed by atoms with van der Waals surface area (Å²) in [5.41, 5.74) is 5.76. The lowest BCUT2D eigenvalue weighted by molar-refractivity contribution is -0.128. The highest BCUT2D eigenvalue weighted by Crippen LogP contribution is 2.30. The topological polar surface area (TPSA) is 75.4 Å². The van der Waals surface area contributed by atoms with E-state index in [0.29, 0.717) is 0 Å². The molecule has 2 unspecified atom stereocenters. The van der Waals surface area contributed by atoms with Crippen molar-refractivity contribution in [3.05, 3.63) is 0 Å². The van der Waals surface area contributed by atoms with Crippen molar-refractivity contribution in [3.63, 3.8) is 0 Å². The van der Waals surface area contributed by atoms with E-state index in [2.05, 4.69) is 5.32 Å². The van der Waals surface area contributed by atoms with Gasteiger partial charge in [0.15, 0.2) is 0 Å². The summed E-state index contributed by atoms with van der Waals surface area (Å²) in [6.45, 7) is 0.0562. The molecule has 2 aliphatic rings. The van der Waals surface area contributed by atoms with Crippen molar-refractivity contribution in [3.8, 4) is 0 Å². The molecule has 2 saturated carbocycles. The number of rotatable bonds is 3. The largest absolute Gasteiger partial charge is 0.394 e. The van der Waals surface area contributed by atoms with Gasteiger partial charge in [0.05, 0.1) is 18.1 Å². The van der Waals surface area contributed by atoms with Crippen molar-refractivity contribution in [2.75, 3.05) is 6.61 Å². The van der Waals surface area contributed by atoms with Crippen molar-refractivity contribution < 1.29 is 9.90 Å². The Morgan fingerprint density at radius 1 is 1.17 bits per heavy atom. The molecule has 0 radical (unpaired) electrons. The monoisotopic (exact) mass is 254 g/mol. The number of aliphatic hydroxyl groups is 1. The van der Waals surface area contributed by atoms with Crippen molar-refractivity contribution in [2.45, 2.75) is 69.4 Å². The summed E-state index contributed by atoms with van der Waals surface area (Å²) in [5.74, 6) is 0.0110. The molecule has 104 valence electrons. The fraction of sp³-hybridized carbons (Fsp3) is 0.929. The van der Waals surface area contributed by atoms with Gasteiger partial charge in [0, 0.05) is 6.04 Å². The average molecular weight is 254 g/mol. The maximum atomic E-state index is 12.4. The first-order valence-electron chi connectivity index (χ1n) is 7.35. The van der Waals surface area contributed by atoms with Crippen LogP contribution in [0.15, 0.2) is 0 Å². The number of aliphatic hydroxyl groups excluding tert-OH is 1. The van der Waals surface area contributed by atoms with Crippen LogP contribution < -0.4 is 11.1 Å². The highest BCUT2D eigenvalue weighted by atomic mass is 16.3. The summed E-state index contributed by atoms with van der Waals surface area (Å²) in [5, 5.41) is 12.6. The predicted molar refractivity (Wildman–Crippen MR) is 71.0 cm³/mol. The summed E-state index contributed by atoms with van der Waals surface area (Å²) in [6.07, 6.45) is 9.25. The van der Waals surface area contributed by atoms with Gasteiger partial charge in [-0.1, -0.05) is 32.1 Å². The number of hydrogen-bond donors (Lipinski definition) is 3. The number of nitrogens with one attached hydrogen (secondary N) is 1. The van der Waals surface area contributed by atoms with Gasteiger partial charge in [-0.3, -0.25) is 4.79 Å².